The molecule has 0 spiro atoms. The molecule has 2 heteroatoms. The lowest BCUT2D eigenvalue weighted by Gasteiger charge is -2.22. The minimum atomic E-state index is -0.303. The van der Waals surface area contributed by atoms with E-state index in [1.807, 2.05) is 13.8 Å². The van der Waals surface area contributed by atoms with Crippen LogP contribution in [0.15, 0.2) is 40.4 Å². The Morgan fingerprint density at radius 1 is 1.10 bits per heavy atom. The molecule has 0 aromatic heterocycles. The van der Waals surface area contributed by atoms with E-state index in [9.17, 15) is 5.11 Å². The van der Waals surface area contributed by atoms with Crippen molar-refractivity contribution < 1.29 is 5.11 Å². The maximum Gasteiger partial charge on any atom is 0.0621 e. The van der Waals surface area contributed by atoms with Gasteiger partial charge in [0, 0.05) is 11.6 Å². The molecule has 1 aliphatic rings. The summed E-state index contributed by atoms with van der Waals surface area (Å²) in [5, 5.41) is 10.7. The number of benzene rings is 1. The molecule has 0 amide bonds. The molecule has 2 nitrogen and oxygen atoms in total. The van der Waals surface area contributed by atoms with Gasteiger partial charge in [-0.1, -0.05) is 98.1 Å². The van der Waals surface area contributed by atoms with E-state index in [0.717, 1.165) is 44.4 Å². The topological polar surface area (TPSA) is 32.6 Å². The predicted molar refractivity (Wildman–Crippen MR) is 139 cm³/mol. The number of hydrogen-bond donors (Lipinski definition) is 1. The fourth-order valence-corrected chi connectivity index (χ4v) is 4.12. The van der Waals surface area contributed by atoms with Crippen molar-refractivity contribution in [3.8, 4) is 0 Å². The van der Waals surface area contributed by atoms with Gasteiger partial charge in [0.15, 0.2) is 0 Å². The van der Waals surface area contributed by atoms with Crippen LogP contribution in [0.2, 0.25) is 0 Å². The number of nitrogens with zero attached hydrogens (tertiary/aromatic N) is 1. The Balaban J connectivity index is 0.00000233. The van der Waals surface area contributed by atoms with Crippen LogP contribution in [-0.4, -0.2) is 23.5 Å². The summed E-state index contributed by atoms with van der Waals surface area (Å²) in [6, 6.07) is 6.80. The molecule has 2 rings (SSSR count). The third kappa shape index (κ3) is 8.07. The molecule has 0 bridgehead atoms. The van der Waals surface area contributed by atoms with Crippen molar-refractivity contribution >= 4 is 11.8 Å². The first kappa shape index (κ1) is 27.4. The highest BCUT2D eigenvalue weighted by Gasteiger charge is 2.29. The van der Waals surface area contributed by atoms with E-state index in [-0.39, 0.29) is 12.0 Å². The average molecular weight is 426 g/mol. The summed E-state index contributed by atoms with van der Waals surface area (Å²) >= 11 is 0. The fraction of sp³-hybridized carbons (Fsp3) is 0.621. The van der Waals surface area contributed by atoms with Gasteiger partial charge in [0.2, 0.25) is 0 Å². The van der Waals surface area contributed by atoms with Crippen LogP contribution in [0.1, 0.15) is 97.3 Å². The first-order chi connectivity index (χ1) is 14.9. The molecular weight excluding hydrogens is 378 g/mol. The maximum atomic E-state index is 10.7. The van der Waals surface area contributed by atoms with Gasteiger partial charge in [0.05, 0.1) is 12.6 Å². The molecule has 1 aliphatic heterocycles. The number of aliphatic hydroxyl groups excluding tert-OH is 1. The number of hydrogen-bond acceptors (Lipinski definition) is 2. The lowest BCUT2D eigenvalue weighted by Crippen LogP contribution is -2.27. The molecule has 174 valence electrons. The van der Waals surface area contributed by atoms with Crippen molar-refractivity contribution in [1.29, 1.82) is 0 Å². The van der Waals surface area contributed by atoms with Gasteiger partial charge >= 0.3 is 0 Å². The molecule has 1 heterocycles. The Morgan fingerprint density at radius 3 is 2.39 bits per heavy atom. The second kappa shape index (κ2) is 14.4. The van der Waals surface area contributed by atoms with Crippen LogP contribution in [-0.2, 0) is 6.42 Å². The van der Waals surface area contributed by atoms with E-state index in [1.54, 1.807) is 0 Å². The van der Waals surface area contributed by atoms with Crippen LogP contribution < -0.4 is 0 Å². The summed E-state index contributed by atoms with van der Waals surface area (Å²) in [5.74, 6) is 0.590. The van der Waals surface area contributed by atoms with Gasteiger partial charge < -0.3 is 5.11 Å². The molecule has 1 aromatic carbocycles. The summed E-state index contributed by atoms with van der Waals surface area (Å²) in [4.78, 5) is 4.91. The molecular formula is C29H47NO. The molecule has 0 fully saturated rings. The number of allylic oxidation sites excluding steroid dienone is 2. The standard InChI is InChI=1S/C27H41NO.C2H6/c1-7-9-11-12-22-14-15-23(20(5)16-22)17-24-25(19(3)4)18-28-27(24)21(6)26(29)13-10-8-2;1-2/h11-12,14-16,19,21,26,29H,7-10,13,17-18H2,1-6H3;1-2H3/b12-11+;. The zero-order chi connectivity index (χ0) is 23.4. The van der Waals surface area contributed by atoms with E-state index in [0.29, 0.717) is 5.92 Å². The van der Waals surface area contributed by atoms with Crippen LogP contribution in [0.3, 0.4) is 0 Å². The summed E-state index contributed by atoms with van der Waals surface area (Å²) in [5.41, 5.74) is 7.95. The van der Waals surface area contributed by atoms with Crippen molar-refractivity contribution in [2.75, 3.05) is 6.54 Å². The highest BCUT2D eigenvalue weighted by atomic mass is 16.3. The van der Waals surface area contributed by atoms with E-state index >= 15 is 0 Å². The quantitative estimate of drug-likeness (QED) is 0.383. The summed E-state index contributed by atoms with van der Waals surface area (Å²) < 4.78 is 0. The number of aliphatic imine (C=N–C) groups is 1. The van der Waals surface area contributed by atoms with Crippen molar-refractivity contribution in [3.05, 3.63) is 52.1 Å². The molecule has 0 radical (unpaired) electrons. The number of aliphatic hydroxyl groups is 1. The van der Waals surface area contributed by atoms with Crippen molar-refractivity contribution in [2.45, 2.75) is 100 Å². The summed E-state index contributed by atoms with van der Waals surface area (Å²) in [6.07, 6.45) is 10.5. The minimum Gasteiger partial charge on any atom is -0.392 e. The zero-order valence-electron chi connectivity index (χ0n) is 21.5. The largest absolute Gasteiger partial charge is 0.392 e. The number of rotatable bonds is 11. The Hall–Kier alpha value is -1.67. The average Bonchev–Trinajstić information content (AvgIpc) is 3.18. The summed E-state index contributed by atoms with van der Waals surface area (Å²) in [6.45, 7) is 18.1. The van der Waals surface area contributed by atoms with E-state index in [2.05, 4.69) is 71.9 Å². The van der Waals surface area contributed by atoms with Gasteiger partial charge in [-0.25, -0.2) is 0 Å². The van der Waals surface area contributed by atoms with Crippen molar-refractivity contribution in [2.24, 2.45) is 16.8 Å². The molecule has 0 saturated carbocycles. The van der Waals surface area contributed by atoms with Crippen LogP contribution >= 0.6 is 0 Å². The Bertz CT molecular complexity index is 754. The monoisotopic (exact) mass is 425 g/mol. The van der Waals surface area contributed by atoms with Gasteiger partial charge in [0.25, 0.3) is 0 Å². The lowest BCUT2D eigenvalue weighted by atomic mass is 9.84. The maximum absolute atomic E-state index is 10.7. The van der Waals surface area contributed by atoms with Gasteiger partial charge in [-0.15, -0.1) is 0 Å². The Labute approximate surface area is 192 Å². The third-order valence-electron chi connectivity index (χ3n) is 6.17. The number of unbranched alkanes of at least 4 members (excludes halogenated alkanes) is 2. The Morgan fingerprint density at radius 2 is 1.81 bits per heavy atom. The van der Waals surface area contributed by atoms with Gasteiger partial charge in [-0.05, 0) is 59.9 Å². The van der Waals surface area contributed by atoms with Gasteiger partial charge in [-0.3, -0.25) is 4.99 Å². The molecule has 1 N–H and O–H groups in total. The second-order valence-corrected chi connectivity index (χ2v) is 8.91. The molecule has 31 heavy (non-hydrogen) atoms. The summed E-state index contributed by atoms with van der Waals surface area (Å²) in [7, 11) is 0. The molecule has 2 unspecified atom stereocenters. The lowest BCUT2D eigenvalue weighted by molar-refractivity contribution is 0.133. The first-order valence-corrected chi connectivity index (χ1v) is 12.6. The van der Waals surface area contributed by atoms with E-state index in [1.165, 1.54) is 34.3 Å². The van der Waals surface area contributed by atoms with Crippen molar-refractivity contribution in [1.82, 2.24) is 0 Å². The smallest absolute Gasteiger partial charge is 0.0621 e. The third-order valence-corrected chi connectivity index (χ3v) is 6.17. The first-order valence-electron chi connectivity index (χ1n) is 12.6. The minimum absolute atomic E-state index is 0.101. The SMILES string of the molecule is CC.CCC/C=C/c1ccc(CC2=C(C(C)C)CN=C2C(C)C(O)CCCC)c(C)c1. The highest BCUT2D eigenvalue weighted by Crippen LogP contribution is 2.31. The van der Waals surface area contributed by atoms with Crippen molar-refractivity contribution in [3.63, 3.8) is 0 Å². The van der Waals surface area contributed by atoms with Crippen LogP contribution in [0.25, 0.3) is 6.08 Å². The number of aryl methyl sites for hydroxylation is 1. The van der Waals surface area contributed by atoms with Gasteiger partial charge in [-0.2, -0.15) is 0 Å². The second-order valence-electron chi connectivity index (χ2n) is 8.91. The predicted octanol–water partition coefficient (Wildman–Crippen LogP) is 7.97. The fourth-order valence-electron chi connectivity index (χ4n) is 4.12. The molecule has 0 saturated heterocycles. The normalized spacial score (nSPS) is 15.9. The van der Waals surface area contributed by atoms with E-state index in [4.69, 9.17) is 4.99 Å². The van der Waals surface area contributed by atoms with Crippen LogP contribution in [0.4, 0.5) is 0 Å². The van der Waals surface area contributed by atoms with E-state index < -0.39 is 0 Å². The molecule has 1 aromatic rings. The molecule has 2 atom stereocenters. The Kier molecular flexibility index (Phi) is 12.7. The highest BCUT2D eigenvalue weighted by molar-refractivity contribution is 6.05. The molecule has 0 aliphatic carbocycles. The van der Waals surface area contributed by atoms with Gasteiger partial charge in [0.1, 0.15) is 0 Å². The van der Waals surface area contributed by atoms with Crippen LogP contribution in [0.5, 0.6) is 0 Å². The zero-order valence-corrected chi connectivity index (χ0v) is 21.5. The van der Waals surface area contributed by atoms with Crippen LogP contribution in [0, 0.1) is 18.8 Å².